The highest BCUT2D eigenvalue weighted by Crippen LogP contribution is 2.32. The smallest absolute Gasteiger partial charge is 0.270 e. The first-order chi connectivity index (χ1) is 12.5. The second-order valence-corrected chi connectivity index (χ2v) is 7.39. The summed E-state index contributed by atoms with van der Waals surface area (Å²) in [7, 11) is 1.73. The minimum atomic E-state index is -0.159. The lowest BCUT2D eigenvalue weighted by Crippen LogP contribution is -2.46. The van der Waals surface area contributed by atoms with E-state index in [-0.39, 0.29) is 24.1 Å². The van der Waals surface area contributed by atoms with Crippen molar-refractivity contribution >= 4 is 5.91 Å². The Bertz CT molecular complexity index is 729. The number of hydrazine groups is 1. The van der Waals surface area contributed by atoms with Gasteiger partial charge in [0.2, 0.25) is 0 Å². The van der Waals surface area contributed by atoms with Gasteiger partial charge >= 0.3 is 0 Å². The number of hydrogen-bond acceptors (Lipinski definition) is 6. The lowest BCUT2D eigenvalue weighted by Gasteiger charge is -2.35. The van der Waals surface area contributed by atoms with Gasteiger partial charge in [-0.15, -0.1) is 0 Å². The molecule has 0 spiro atoms. The van der Waals surface area contributed by atoms with Gasteiger partial charge in [-0.25, -0.2) is 4.98 Å². The average molecular weight is 357 g/mol. The zero-order valence-corrected chi connectivity index (χ0v) is 15.8. The van der Waals surface area contributed by atoms with Gasteiger partial charge in [-0.3, -0.25) is 15.6 Å². The molecule has 5 atom stereocenters. The molecule has 2 fully saturated rings. The second-order valence-electron chi connectivity index (χ2n) is 7.39. The Kier molecular flexibility index (Phi) is 5.56. The standard InChI is InChI=1S/C19H27N5O2/c1-10-11(2)17(21-9-13(10)8-20)19(25)22-14-5-6-16-15(7-14)18(24-23-16)12(3)26-4/h9,12,14-16,18,23-24H,5-7H2,1-4H3,(H,22,25). The van der Waals surface area contributed by atoms with Gasteiger partial charge in [0, 0.05) is 25.4 Å². The molecule has 7 heteroatoms. The van der Waals surface area contributed by atoms with E-state index in [4.69, 9.17) is 10.00 Å². The van der Waals surface area contributed by atoms with Crippen LogP contribution in [0.3, 0.4) is 0 Å². The van der Waals surface area contributed by atoms with Crippen LogP contribution in [0.15, 0.2) is 6.20 Å². The predicted molar refractivity (Wildman–Crippen MR) is 97.3 cm³/mol. The molecule has 2 aliphatic rings. The molecule has 1 aliphatic heterocycles. The Morgan fingerprint density at radius 2 is 2.15 bits per heavy atom. The molecule has 1 saturated heterocycles. The van der Waals surface area contributed by atoms with Crippen molar-refractivity contribution in [1.29, 1.82) is 5.26 Å². The molecule has 1 aromatic heterocycles. The van der Waals surface area contributed by atoms with Crippen molar-refractivity contribution < 1.29 is 9.53 Å². The summed E-state index contributed by atoms with van der Waals surface area (Å²) in [5, 5.41) is 12.2. The number of ether oxygens (including phenoxy) is 1. The van der Waals surface area contributed by atoms with Crippen LogP contribution in [0.1, 0.15) is 53.4 Å². The van der Waals surface area contributed by atoms with Crippen LogP contribution in [0, 0.1) is 31.1 Å². The van der Waals surface area contributed by atoms with Gasteiger partial charge in [0.15, 0.2) is 0 Å². The molecule has 0 radical (unpaired) electrons. The van der Waals surface area contributed by atoms with Crippen molar-refractivity contribution in [3.8, 4) is 6.07 Å². The number of nitrogens with zero attached hydrogens (tertiary/aromatic N) is 2. The molecule has 3 rings (SSSR count). The highest BCUT2D eigenvalue weighted by Gasteiger charge is 2.43. The summed E-state index contributed by atoms with van der Waals surface area (Å²) in [6.07, 6.45) is 4.44. The number of amides is 1. The maximum absolute atomic E-state index is 12.7. The maximum Gasteiger partial charge on any atom is 0.270 e. The van der Waals surface area contributed by atoms with Crippen LogP contribution in [0.2, 0.25) is 0 Å². The zero-order valence-electron chi connectivity index (χ0n) is 15.8. The lowest BCUT2D eigenvalue weighted by molar-refractivity contribution is 0.0645. The van der Waals surface area contributed by atoms with E-state index in [0.29, 0.717) is 23.2 Å². The molecular weight excluding hydrogens is 330 g/mol. The van der Waals surface area contributed by atoms with Crippen LogP contribution in [0.25, 0.3) is 0 Å². The van der Waals surface area contributed by atoms with E-state index in [9.17, 15) is 4.79 Å². The first-order valence-electron chi connectivity index (χ1n) is 9.17. The van der Waals surface area contributed by atoms with Crippen molar-refractivity contribution in [2.75, 3.05) is 7.11 Å². The molecule has 140 valence electrons. The first-order valence-corrected chi connectivity index (χ1v) is 9.17. The topological polar surface area (TPSA) is 99.1 Å². The van der Waals surface area contributed by atoms with E-state index < -0.39 is 0 Å². The molecule has 7 nitrogen and oxygen atoms in total. The van der Waals surface area contributed by atoms with E-state index in [1.807, 2.05) is 13.8 Å². The Labute approximate surface area is 154 Å². The van der Waals surface area contributed by atoms with Crippen molar-refractivity contribution in [2.45, 2.75) is 64.3 Å². The average Bonchev–Trinajstić information content (AvgIpc) is 3.06. The normalized spacial score (nSPS) is 28.9. The van der Waals surface area contributed by atoms with Crippen molar-refractivity contribution in [2.24, 2.45) is 5.92 Å². The van der Waals surface area contributed by atoms with Gasteiger partial charge in [0.25, 0.3) is 5.91 Å². The Balaban J connectivity index is 1.69. The zero-order chi connectivity index (χ0) is 18.8. The number of carbonyl (C=O) groups excluding carboxylic acids is 1. The summed E-state index contributed by atoms with van der Waals surface area (Å²) in [4.78, 5) is 17.0. The number of pyridine rings is 1. The van der Waals surface area contributed by atoms with Crippen molar-refractivity contribution in [3.63, 3.8) is 0 Å². The summed E-state index contributed by atoms with van der Waals surface area (Å²) in [6.45, 7) is 5.76. The molecule has 3 N–H and O–H groups in total. The van der Waals surface area contributed by atoms with E-state index in [2.05, 4.69) is 34.1 Å². The van der Waals surface area contributed by atoms with Crippen LogP contribution < -0.4 is 16.2 Å². The van der Waals surface area contributed by atoms with Crippen LogP contribution in [-0.2, 0) is 4.74 Å². The highest BCUT2D eigenvalue weighted by molar-refractivity contribution is 5.94. The molecule has 5 unspecified atom stereocenters. The van der Waals surface area contributed by atoms with E-state index in [1.54, 1.807) is 7.11 Å². The fourth-order valence-electron chi connectivity index (χ4n) is 4.13. The Morgan fingerprint density at radius 3 is 2.85 bits per heavy atom. The van der Waals surface area contributed by atoms with Crippen LogP contribution in [0.5, 0.6) is 0 Å². The fraction of sp³-hybridized carbons (Fsp3) is 0.632. The molecule has 0 aromatic carbocycles. The summed E-state index contributed by atoms with van der Waals surface area (Å²) >= 11 is 0. The second kappa shape index (κ2) is 7.70. The van der Waals surface area contributed by atoms with E-state index in [1.165, 1.54) is 6.20 Å². The molecule has 2 heterocycles. The van der Waals surface area contributed by atoms with Crippen LogP contribution in [-0.4, -0.2) is 42.2 Å². The minimum absolute atomic E-state index is 0.108. The number of carbonyl (C=O) groups is 1. The number of fused-ring (bicyclic) bond motifs is 1. The third-order valence-corrected chi connectivity index (χ3v) is 5.99. The Morgan fingerprint density at radius 1 is 1.38 bits per heavy atom. The molecular formula is C19H27N5O2. The number of nitrogens with one attached hydrogen (secondary N) is 3. The lowest BCUT2D eigenvalue weighted by atomic mass is 9.78. The summed E-state index contributed by atoms with van der Waals surface area (Å²) in [5.74, 6) is 0.259. The summed E-state index contributed by atoms with van der Waals surface area (Å²) in [5.41, 5.74) is 9.23. The quantitative estimate of drug-likeness (QED) is 0.752. The fourth-order valence-corrected chi connectivity index (χ4v) is 4.13. The van der Waals surface area contributed by atoms with Gasteiger partial charge in [-0.05, 0) is 57.1 Å². The first kappa shape index (κ1) is 18.8. The molecule has 1 aromatic rings. The van der Waals surface area contributed by atoms with E-state index >= 15 is 0 Å². The molecule has 0 bridgehead atoms. The summed E-state index contributed by atoms with van der Waals surface area (Å²) < 4.78 is 5.49. The van der Waals surface area contributed by atoms with Crippen LogP contribution >= 0.6 is 0 Å². The molecule has 1 saturated carbocycles. The highest BCUT2D eigenvalue weighted by atomic mass is 16.5. The summed E-state index contributed by atoms with van der Waals surface area (Å²) in [6, 6.07) is 2.89. The third kappa shape index (κ3) is 3.45. The van der Waals surface area contributed by atoms with Crippen LogP contribution in [0.4, 0.5) is 0 Å². The number of methoxy groups -OCH3 is 1. The Hall–Kier alpha value is -2.01. The minimum Gasteiger partial charge on any atom is -0.380 e. The van der Waals surface area contributed by atoms with Gasteiger partial charge in [0.05, 0.1) is 17.7 Å². The predicted octanol–water partition coefficient (Wildman–Crippen LogP) is 1.35. The van der Waals surface area contributed by atoms with Crippen molar-refractivity contribution in [3.05, 3.63) is 28.6 Å². The molecule has 1 amide bonds. The van der Waals surface area contributed by atoms with E-state index in [0.717, 1.165) is 30.4 Å². The molecule has 1 aliphatic carbocycles. The van der Waals surface area contributed by atoms with Gasteiger partial charge < -0.3 is 10.1 Å². The largest absolute Gasteiger partial charge is 0.380 e. The SMILES string of the molecule is COC(C)C1NNC2CCC(NC(=O)c3ncc(C#N)c(C)c3C)CC21. The monoisotopic (exact) mass is 357 g/mol. The number of rotatable bonds is 4. The van der Waals surface area contributed by atoms with Gasteiger partial charge in [-0.2, -0.15) is 5.26 Å². The van der Waals surface area contributed by atoms with Gasteiger partial charge in [0.1, 0.15) is 11.8 Å². The maximum atomic E-state index is 12.7. The number of aromatic nitrogens is 1. The molecule has 26 heavy (non-hydrogen) atoms. The number of hydrogen-bond donors (Lipinski definition) is 3. The van der Waals surface area contributed by atoms with Gasteiger partial charge in [-0.1, -0.05) is 0 Å². The third-order valence-electron chi connectivity index (χ3n) is 5.99. The van der Waals surface area contributed by atoms with Crippen molar-refractivity contribution in [1.82, 2.24) is 21.2 Å². The number of nitriles is 1.